The molecule has 0 aromatic carbocycles. The number of hydrogen-bond acceptors (Lipinski definition) is 2. The molecular weight excluding hydrogens is 136 g/mol. The van der Waals surface area contributed by atoms with Crippen molar-refractivity contribution in [2.24, 2.45) is 5.92 Å². The minimum absolute atomic E-state index is 0.554. The van der Waals surface area contributed by atoms with E-state index in [-0.39, 0.29) is 0 Å². The minimum Gasteiger partial charge on any atom is -0.251 e. The third-order valence-electron chi connectivity index (χ3n) is 2.67. The fourth-order valence-electron chi connectivity index (χ4n) is 1.49. The molecule has 0 aliphatic carbocycles. The molecular formula is C9H16N2. The van der Waals surface area contributed by atoms with Crippen molar-refractivity contribution in [1.82, 2.24) is 10.4 Å². The standard InChI is InChI=1S/C9H16N2/c1-5-6-11-9(4)7(2)8(3)10-11/h1,7-10H,6H2,2-4H3. The van der Waals surface area contributed by atoms with Crippen LogP contribution in [0.15, 0.2) is 0 Å². The highest BCUT2D eigenvalue weighted by atomic mass is 15.6. The molecule has 0 amide bonds. The Balaban J connectivity index is 2.54. The van der Waals surface area contributed by atoms with Crippen molar-refractivity contribution in [3.8, 4) is 12.3 Å². The van der Waals surface area contributed by atoms with Gasteiger partial charge < -0.3 is 0 Å². The average Bonchev–Trinajstić information content (AvgIpc) is 2.19. The maximum Gasteiger partial charge on any atom is 0.0743 e. The lowest BCUT2D eigenvalue weighted by Crippen LogP contribution is -2.37. The Hall–Kier alpha value is -0.520. The second kappa shape index (κ2) is 3.25. The summed E-state index contributed by atoms with van der Waals surface area (Å²) in [5.74, 6) is 3.33. The molecule has 0 radical (unpaired) electrons. The number of nitrogens with one attached hydrogen (secondary N) is 1. The quantitative estimate of drug-likeness (QED) is 0.560. The van der Waals surface area contributed by atoms with Gasteiger partial charge in [0.2, 0.25) is 0 Å². The Morgan fingerprint density at radius 2 is 2.09 bits per heavy atom. The molecule has 1 fully saturated rings. The lowest BCUT2D eigenvalue weighted by Gasteiger charge is -2.18. The van der Waals surface area contributed by atoms with Gasteiger partial charge >= 0.3 is 0 Å². The van der Waals surface area contributed by atoms with Crippen LogP contribution in [0.2, 0.25) is 0 Å². The van der Waals surface area contributed by atoms with Crippen LogP contribution in [0.5, 0.6) is 0 Å². The summed E-state index contributed by atoms with van der Waals surface area (Å²) in [5, 5.41) is 2.13. The maximum absolute atomic E-state index is 5.23. The molecule has 1 rings (SSSR count). The largest absolute Gasteiger partial charge is 0.251 e. The molecule has 0 bridgehead atoms. The van der Waals surface area contributed by atoms with E-state index in [2.05, 4.69) is 37.1 Å². The summed E-state index contributed by atoms with van der Waals surface area (Å²) < 4.78 is 0. The number of terminal acetylenes is 1. The van der Waals surface area contributed by atoms with Gasteiger partial charge in [0.15, 0.2) is 0 Å². The molecule has 2 heteroatoms. The van der Waals surface area contributed by atoms with Crippen molar-refractivity contribution in [3.05, 3.63) is 0 Å². The molecule has 3 atom stereocenters. The highest BCUT2D eigenvalue weighted by molar-refractivity contribution is 4.94. The predicted octanol–water partition coefficient (Wildman–Crippen LogP) is 0.853. The van der Waals surface area contributed by atoms with Crippen LogP contribution < -0.4 is 5.43 Å². The molecule has 0 aromatic rings. The van der Waals surface area contributed by atoms with Gasteiger partial charge in [-0.2, -0.15) is 0 Å². The second-order valence-electron chi connectivity index (χ2n) is 3.35. The van der Waals surface area contributed by atoms with E-state index in [0.717, 1.165) is 0 Å². The zero-order valence-electron chi connectivity index (χ0n) is 7.46. The summed E-state index contributed by atoms with van der Waals surface area (Å²) in [5.41, 5.74) is 3.35. The first-order chi connectivity index (χ1) is 5.16. The lowest BCUT2D eigenvalue weighted by molar-refractivity contribution is 0.210. The topological polar surface area (TPSA) is 15.3 Å². The van der Waals surface area contributed by atoms with E-state index in [4.69, 9.17) is 6.42 Å². The Bertz CT molecular complexity index is 171. The molecule has 0 aromatic heterocycles. The van der Waals surface area contributed by atoms with E-state index in [1.807, 2.05) is 0 Å². The molecule has 1 saturated heterocycles. The summed E-state index contributed by atoms with van der Waals surface area (Å²) in [7, 11) is 0. The predicted molar refractivity (Wildman–Crippen MR) is 46.8 cm³/mol. The van der Waals surface area contributed by atoms with E-state index >= 15 is 0 Å². The van der Waals surface area contributed by atoms with E-state index in [9.17, 15) is 0 Å². The Labute approximate surface area is 68.9 Å². The van der Waals surface area contributed by atoms with Crippen molar-refractivity contribution < 1.29 is 0 Å². The van der Waals surface area contributed by atoms with Crippen molar-refractivity contribution in [2.45, 2.75) is 32.9 Å². The van der Waals surface area contributed by atoms with Crippen LogP contribution in [0.4, 0.5) is 0 Å². The minimum atomic E-state index is 0.554. The van der Waals surface area contributed by atoms with Crippen molar-refractivity contribution >= 4 is 0 Å². The summed E-state index contributed by atoms with van der Waals surface area (Å²) in [4.78, 5) is 0. The first kappa shape index (κ1) is 8.58. The molecule has 1 heterocycles. The van der Waals surface area contributed by atoms with Crippen molar-refractivity contribution in [3.63, 3.8) is 0 Å². The van der Waals surface area contributed by atoms with E-state index in [0.29, 0.717) is 24.5 Å². The normalized spacial score (nSPS) is 38.9. The summed E-state index contributed by atoms with van der Waals surface area (Å²) in [6.07, 6.45) is 5.23. The molecule has 1 N–H and O–H groups in total. The molecule has 2 nitrogen and oxygen atoms in total. The van der Waals surface area contributed by atoms with Crippen LogP contribution in [-0.2, 0) is 0 Å². The average molecular weight is 152 g/mol. The van der Waals surface area contributed by atoms with Gasteiger partial charge in [0, 0.05) is 12.1 Å². The van der Waals surface area contributed by atoms with Crippen molar-refractivity contribution in [1.29, 1.82) is 0 Å². The summed E-state index contributed by atoms with van der Waals surface area (Å²) >= 11 is 0. The summed E-state index contributed by atoms with van der Waals surface area (Å²) in [6.45, 7) is 7.35. The first-order valence-electron chi connectivity index (χ1n) is 4.13. The van der Waals surface area contributed by atoms with Gasteiger partial charge in [-0.1, -0.05) is 12.8 Å². The molecule has 1 aliphatic rings. The Morgan fingerprint density at radius 3 is 2.45 bits per heavy atom. The zero-order valence-corrected chi connectivity index (χ0v) is 7.46. The third kappa shape index (κ3) is 1.55. The SMILES string of the molecule is C#CCN1NC(C)C(C)C1C. The van der Waals surface area contributed by atoms with Crippen LogP contribution in [0.25, 0.3) is 0 Å². The van der Waals surface area contributed by atoms with Gasteiger partial charge in [0.1, 0.15) is 0 Å². The van der Waals surface area contributed by atoms with Gasteiger partial charge in [-0.05, 0) is 19.8 Å². The Kier molecular flexibility index (Phi) is 2.53. The van der Waals surface area contributed by atoms with Crippen LogP contribution >= 0.6 is 0 Å². The second-order valence-corrected chi connectivity index (χ2v) is 3.35. The van der Waals surface area contributed by atoms with E-state index in [1.165, 1.54) is 0 Å². The van der Waals surface area contributed by atoms with Gasteiger partial charge in [0.05, 0.1) is 6.54 Å². The molecule has 1 aliphatic heterocycles. The molecule has 0 saturated carbocycles. The highest BCUT2D eigenvalue weighted by Crippen LogP contribution is 2.20. The smallest absolute Gasteiger partial charge is 0.0743 e. The van der Waals surface area contributed by atoms with Crippen LogP contribution in [0.3, 0.4) is 0 Å². The molecule has 0 spiro atoms. The number of nitrogens with zero attached hydrogens (tertiary/aromatic N) is 1. The van der Waals surface area contributed by atoms with E-state index in [1.54, 1.807) is 0 Å². The van der Waals surface area contributed by atoms with Gasteiger partial charge in [-0.25, -0.2) is 5.01 Å². The van der Waals surface area contributed by atoms with Crippen LogP contribution in [0.1, 0.15) is 20.8 Å². The highest BCUT2D eigenvalue weighted by Gasteiger charge is 2.31. The van der Waals surface area contributed by atoms with Crippen LogP contribution in [-0.4, -0.2) is 23.6 Å². The van der Waals surface area contributed by atoms with Gasteiger partial charge in [-0.3, -0.25) is 5.43 Å². The van der Waals surface area contributed by atoms with Crippen molar-refractivity contribution in [2.75, 3.05) is 6.54 Å². The zero-order chi connectivity index (χ0) is 8.43. The first-order valence-corrected chi connectivity index (χ1v) is 4.13. The number of hydrogen-bond donors (Lipinski definition) is 1. The summed E-state index contributed by atoms with van der Waals surface area (Å²) in [6, 6.07) is 1.11. The van der Waals surface area contributed by atoms with Gasteiger partial charge in [0.25, 0.3) is 0 Å². The monoisotopic (exact) mass is 152 g/mol. The fourth-order valence-corrected chi connectivity index (χ4v) is 1.49. The lowest BCUT2D eigenvalue weighted by atomic mass is 9.99. The fraction of sp³-hybridized carbons (Fsp3) is 0.778. The molecule has 3 unspecified atom stereocenters. The maximum atomic E-state index is 5.23. The molecule has 11 heavy (non-hydrogen) atoms. The van der Waals surface area contributed by atoms with Gasteiger partial charge in [-0.15, -0.1) is 6.42 Å². The molecule has 62 valence electrons. The third-order valence-corrected chi connectivity index (χ3v) is 2.67. The van der Waals surface area contributed by atoms with E-state index < -0.39 is 0 Å². The number of hydrazine groups is 1. The van der Waals surface area contributed by atoms with Crippen LogP contribution in [0, 0.1) is 18.3 Å². The Morgan fingerprint density at radius 1 is 1.45 bits per heavy atom. The number of rotatable bonds is 1.